The molecular formula is C15H25N. The molecule has 0 bridgehead atoms. The number of benzene rings is 1. The van der Waals surface area contributed by atoms with Gasteiger partial charge in [0.1, 0.15) is 0 Å². The lowest BCUT2D eigenvalue weighted by Gasteiger charge is -2.18. The molecule has 0 aliphatic carbocycles. The molecule has 1 aromatic rings. The van der Waals surface area contributed by atoms with Crippen LogP contribution in [0.2, 0.25) is 0 Å². The molecule has 0 heterocycles. The van der Waals surface area contributed by atoms with E-state index in [4.69, 9.17) is 0 Å². The minimum Gasteiger partial charge on any atom is -0.382 e. The first-order valence-corrected chi connectivity index (χ1v) is 6.45. The van der Waals surface area contributed by atoms with E-state index in [0.29, 0.717) is 12.0 Å². The van der Waals surface area contributed by atoms with Gasteiger partial charge in [0, 0.05) is 11.7 Å². The number of aryl methyl sites for hydroxylation is 1. The average molecular weight is 219 g/mol. The fraction of sp³-hybridized carbons (Fsp3) is 0.600. The van der Waals surface area contributed by atoms with Crippen molar-refractivity contribution >= 4 is 5.69 Å². The van der Waals surface area contributed by atoms with Crippen molar-refractivity contribution in [1.82, 2.24) is 0 Å². The van der Waals surface area contributed by atoms with Gasteiger partial charge >= 0.3 is 0 Å². The van der Waals surface area contributed by atoms with Crippen LogP contribution in [0.1, 0.15) is 57.6 Å². The summed E-state index contributed by atoms with van der Waals surface area (Å²) in [5.74, 6) is 0.600. The minimum absolute atomic E-state index is 0.600. The maximum atomic E-state index is 3.60. The van der Waals surface area contributed by atoms with Gasteiger partial charge in [0.05, 0.1) is 0 Å². The second-order valence-electron chi connectivity index (χ2n) is 4.88. The van der Waals surface area contributed by atoms with Crippen LogP contribution in [0.4, 0.5) is 5.69 Å². The van der Waals surface area contributed by atoms with Crippen molar-refractivity contribution in [3.63, 3.8) is 0 Å². The topological polar surface area (TPSA) is 12.0 Å². The van der Waals surface area contributed by atoms with Crippen LogP contribution in [0.15, 0.2) is 18.2 Å². The predicted octanol–water partition coefficient (Wildman–Crippen LogP) is 4.72. The van der Waals surface area contributed by atoms with Gasteiger partial charge in [-0.15, -0.1) is 0 Å². The molecule has 1 aromatic carbocycles. The zero-order valence-electron chi connectivity index (χ0n) is 11.3. The fourth-order valence-corrected chi connectivity index (χ4v) is 2.08. The van der Waals surface area contributed by atoms with E-state index in [2.05, 4.69) is 58.1 Å². The van der Waals surface area contributed by atoms with Crippen LogP contribution >= 0.6 is 0 Å². The van der Waals surface area contributed by atoms with Gasteiger partial charge in [-0.2, -0.15) is 0 Å². The van der Waals surface area contributed by atoms with Crippen molar-refractivity contribution in [3.05, 3.63) is 29.3 Å². The zero-order valence-corrected chi connectivity index (χ0v) is 11.3. The third kappa shape index (κ3) is 3.26. The maximum absolute atomic E-state index is 3.60. The Labute approximate surface area is 100 Å². The number of rotatable bonds is 5. The highest BCUT2D eigenvalue weighted by Crippen LogP contribution is 2.23. The third-order valence-corrected chi connectivity index (χ3v) is 3.26. The van der Waals surface area contributed by atoms with Gasteiger partial charge in [0.15, 0.2) is 0 Å². The SMILES string of the molecule is CCC(CC)Nc1ccc(C)c(C(C)C)c1. The van der Waals surface area contributed by atoms with Crippen LogP contribution in [0.3, 0.4) is 0 Å². The van der Waals surface area contributed by atoms with Gasteiger partial charge in [-0.05, 0) is 48.9 Å². The van der Waals surface area contributed by atoms with Gasteiger partial charge in [-0.3, -0.25) is 0 Å². The Morgan fingerprint density at radius 2 is 1.75 bits per heavy atom. The largest absolute Gasteiger partial charge is 0.382 e. The van der Waals surface area contributed by atoms with E-state index in [9.17, 15) is 0 Å². The lowest BCUT2D eigenvalue weighted by atomic mass is 9.97. The number of nitrogens with one attached hydrogen (secondary N) is 1. The Morgan fingerprint density at radius 3 is 2.25 bits per heavy atom. The molecule has 16 heavy (non-hydrogen) atoms. The highest BCUT2D eigenvalue weighted by atomic mass is 14.9. The zero-order chi connectivity index (χ0) is 12.1. The summed E-state index contributed by atoms with van der Waals surface area (Å²) < 4.78 is 0. The molecule has 1 heteroatoms. The highest BCUT2D eigenvalue weighted by molar-refractivity contribution is 5.50. The molecule has 0 aliphatic rings. The molecule has 0 fully saturated rings. The summed E-state index contributed by atoms with van der Waals surface area (Å²) in [6, 6.07) is 7.32. The van der Waals surface area contributed by atoms with E-state index in [1.165, 1.54) is 29.7 Å². The monoisotopic (exact) mass is 219 g/mol. The molecule has 0 spiro atoms. The Hall–Kier alpha value is -0.980. The van der Waals surface area contributed by atoms with E-state index < -0.39 is 0 Å². The second kappa shape index (κ2) is 5.93. The first kappa shape index (κ1) is 13.1. The Morgan fingerprint density at radius 1 is 1.12 bits per heavy atom. The third-order valence-electron chi connectivity index (χ3n) is 3.26. The molecule has 0 saturated carbocycles. The van der Waals surface area contributed by atoms with Crippen LogP contribution < -0.4 is 5.32 Å². The quantitative estimate of drug-likeness (QED) is 0.755. The normalized spacial score (nSPS) is 11.2. The predicted molar refractivity (Wildman–Crippen MR) is 73.3 cm³/mol. The van der Waals surface area contributed by atoms with Crippen LogP contribution in [0.5, 0.6) is 0 Å². The smallest absolute Gasteiger partial charge is 0.0345 e. The molecule has 90 valence electrons. The van der Waals surface area contributed by atoms with E-state index >= 15 is 0 Å². The summed E-state index contributed by atoms with van der Waals surface area (Å²) >= 11 is 0. The molecule has 0 amide bonds. The molecule has 1 N–H and O–H groups in total. The molecule has 1 rings (SSSR count). The lowest BCUT2D eigenvalue weighted by Crippen LogP contribution is -2.17. The van der Waals surface area contributed by atoms with Gasteiger partial charge in [-0.25, -0.2) is 0 Å². The van der Waals surface area contributed by atoms with Crippen molar-refractivity contribution in [3.8, 4) is 0 Å². The maximum Gasteiger partial charge on any atom is 0.0345 e. The first-order valence-electron chi connectivity index (χ1n) is 6.45. The van der Waals surface area contributed by atoms with Crippen LogP contribution in [-0.4, -0.2) is 6.04 Å². The van der Waals surface area contributed by atoms with E-state index in [1.807, 2.05) is 0 Å². The molecule has 0 radical (unpaired) electrons. The van der Waals surface area contributed by atoms with E-state index in [0.717, 1.165) is 0 Å². The first-order chi connectivity index (χ1) is 7.58. The van der Waals surface area contributed by atoms with Crippen molar-refractivity contribution in [2.24, 2.45) is 0 Å². The summed E-state index contributed by atoms with van der Waals surface area (Å²) in [6.07, 6.45) is 2.36. The fourth-order valence-electron chi connectivity index (χ4n) is 2.08. The van der Waals surface area contributed by atoms with Gasteiger partial charge in [0.25, 0.3) is 0 Å². The van der Waals surface area contributed by atoms with Gasteiger partial charge in [0.2, 0.25) is 0 Å². The summed E-state index contributed by atoms with van der Waals surface area (Å²) in [4.78, 5) is 0. The number of hydrogen-bond donors (Lipinski definition) is 1. The molecule has 0 atom stereocenters. The minimum atomic E-state index is 0.600. The average Bonchev–Trinajstić information content (AvgIpc) is 2.27. The van der Waals surface area contributed by atoms with E-state index in [1.54, 1.807) is 0 Å². The Kier molecular flexibility index (Phi) is 4.85. The number of anilines is 1. The molecule has 1 nitrogen and oxygen atoms in total. The Bertz CT molecular complexity index is 324. The summed E-state index contributed by atoms with van der Waals surface area (Å²) in [7, 11) is 0. The summed E-state index contributed by atoms with van der Waals surface area (Å²) in [6.45, 7) is 11.2. The van der Waals surface area contributed by atoms with Crippen LogP contribution in [0.25, 0.3) is 0 Å². The second-order valence-corrected chi connectivity index (χ2v) is 4.88. The highest BCUT2D eigenvalue weighted by Gasteiger charge is 2.07. The van der Waals surface area contributed by atoms with E-state index in [-0.39, 0.29) is 0 Å². The molecule has 0 unspecified atom stereocenters. The number of hydrogen-bond acceptors (Lipinski definition) is 1. The van der Waals surface area contributed by atoms with Crippen molar-refractivity contribution in [1.29, 1.82) is 0 Å². The standard InChI is InChI=1S/C15H25N/c1-6-13(7-2)16-14-9-8-12(5)15(10-14)11(3)4/h8-11,13,16H,6-7H2,1-5H3. The molecule has 0 aliphatic heterocycles. The van der Waals surface area contributed by atoms with Crippen LogP contribution in [0, 0.1) is 6.92 Å². The molecule has 0 saturated heterocycles. The molecule has 0 aromatic heterocycles. The van der Waals surface area contributed by atoms with Crippen molar-refractivity contribution in [2.45, 2.75) is 59.4 Å². The van der Waals surface area contributed by atoms with Crippen molar-refractivity contribution < 1.29 is 0 Å². The van der Waals surface area contributed by atoms with Gasteiger partial charge in [-0.1, -0.05) is 33.8 Å². The summed E-state index contributed by atoms with van der Waals surface area (Å²) in [5.41, 5.74) is 4.11. The van der Waals surface area contributed by atoms with Crippen LogP contribution in [-0.2, 0) is 0 Å². The lowest BCUT2D eigenvalue weighted by molar-refractivity contribution is 0.671. The van der Waals surface area contributed by atoms with Crippen molar-refractivity contribution in [2.75, 3.05) is 5.32 Å². The Balaban J connectivity index is 2.86. The molecular weight excluding hydrogens is 194 g/mol. The van der Waals surface area contributed by atoms with Gasteiger partial charge < -0.3 is 5.32 Å². The summed E-state index contributed by atoms with van der Waals surface area (Å²) in [5, 5.41) is 3.60.